The molecular weight excluding hydrogens is 314 g/mol. The lowest BCUT2D eigenvalue weighted by Gasteiger charge is -2.30. The average Bonchev–Trinajstić information content (AvgIpc) is 3.12. The zero-order valence-corrected chi connectivity index (χ0v) is 14.8. The van der Waals surface area contributed by atoms with Crippen LogP contribution in [0.1, 0.15) is 43.9 Å². The number of nitrogens with zero attached hydrogens (tertiary/aromatic N) is 2. The zero-order chi connectivity index (χ0) is 16.4. The van der Waals surface area contributed by atoms with E-state index in [9.17, 15) is 8.42 Å². The fourth-order valence-corrected chi connectivity index (χ4v) is 5.05. The second kappa shape index (κ2) is 6.91. The molecule has 1 N–H and O–H groups in total. The zero-order valence-electron chi connectivity index (χ0n) is 13.9. The van der Waals surface area contributed by atoms with Crippen LogP contribution in [0, 0.1) is 5.92 Å². The van der Waals surface area contributed by atoms with E-state index in [-0.39, 0.29) is 11.4 Å². The van der Waals surface area contributed by atoms with Crippen LogP contribution in [-0.2, 0) is 21.6 Å². The highest BCUT2D eigenvalue weighted by molar-refractivity contribution is 7.91. The van der Waals surface area contributed by atoms with E-state index < -0.39 is 9.84 Å². The molecule has 0 spiro atoms. The first-order chi connectivity index (χ1) is 10.9. The lowest BCUT2D eigenvalue weighted by molar-refractivity contribution is 0.0828. The Morgan fingerprint density at radius 2 is 2.22 bits per heavy atom. The fourth-order valence-electron chi connectivity index (χ4n) is 3.87. The van der Waals surface area contributed by atoms with Gasteiger partial charge < -0.3 is 10.1 Å². The fraction of sp³-hybridized carbons (Fsp3) is 0.812. The van der Waals surface area contributed by atoms with Crippen LogP contribution in [0.25, 0.3) is 0 Å². The van der Waals surface area contributed by atoms with Gasteiger partial charge in [-0.05, 0) is 31.7 Å². The summed E-state index contributed by atoms with van der Waals surface area (Å²) in [6.07, 6.45) is 7.89. The normalized spacial score (nSPS) is 32.3. The van der Waals surface area contributed by atoms with Crippen LogP contribution in [-0.4, -0.2) is 48.9 Å². The number of hydrogen-bond donors (Lipinski definition) is 1. The highest BCUT2D eigenvalue weighted by Gasteiger charge is 2.33. The molecule has 0 bridgehead atoms. The molecule has 2 fully saturated rings. The number of hydrogen-bond acceptors (Lipinski definition) is 5. The molecular formula is C16H27N3O3S. The second-order valence-electron chi connectivity index (χ2n) is 6.94. The van der Waals surface area contributed by atoms with Gasteiger partial charge in [0.2, 0.25) is 0 Å². The van der Waals surface area contributed by atoms with Crippen LogP contribution < -0.4 is 5.32 Å². The summed E-state index contributed by atoms with van der Waals surface area (Å²) in [5.74, 6) is 0.420. The monoisotopic (exact) mass is 341 g/mol. The van der Waals surface area contributed by atoms with Crippen molar-refractivity contribution in [2.75, 3.05) is 19.4 Å². The lowest BCUT2D eigenvalue weighted by atomic mass is 9.93. The number of ether oxygens (including phenoxy) is 1. The van der Waals surface area contributed by atoms with Crippen molar-refractivity contribution in [3.8, 4) is 0 Å². The van der Waals surface area contributed by atoms with E-state index in [4.69, 9.17) is 4.74 Å². The van der Waals surface area contributed by atoms with Crippen molar-refractivity contribution in [3.05, 3.63) is 18.0 Å². The van der Waals surface area contributed by atoms with Gasteiger partial charge in [0.15, 0.2) is 0 Å². The number of rotatable bonds is 5. The molecule has 130 valence electrons. The van der Waals surface area contributed by atoms with Crippen molar-refractivity contribution in [2.45, 2.75) is 49.5 Å². The maximum absolute atomic E-state index is 11.8. The van der Waals surface area contributed by atoms with E-state index in [0.717, 1.165) is 50.9 Å². The molecule has 2 aliphatic rings. The molecule has 6 nitrogen and oxygen atoms in total. The first-order valence-corrected chi connectivity index (χ1v) is 10.4. The van der Waals surface area contributed by atoms with E-state index in [2.05, 4.69) is 10.4 Å². The summed E-state index contributed by atoms with van der Waals surface area (Å²) in [7, 11) is -0.980. The van der Waals surface area contributed by atoms with Gasteiger partial charge in [0.1, 0.15) is 15.9 Å². The second-order valence-corrected chi connectivity index (χ2v) is 9.27. The predicted molar refractivity (Wildman–Crippen MR) is 88.9 cm³/mol. The first-order valence-electron chi connectivity index (χ1n) is 8.47. The standard InChI is InChI=1S/C16H27N3O3S/c1-19-15(6-8-18-19)16-12(7-9-22-16)11-17-13-4-3-5-14(10-13)23(2,20)21/h6,8,12-14,16-17H,3-5,7,9-11H2,1-2H3/t12-,13?,14?,16+/m0/s1. The van der Waals surface area contributed by atoms with E-state index in [1.165, 1.54) is 6.26 Å². The summed E-state index contributed by atoms with van der Waals surface area (Å²) in [5.41, 5.74) is 1.12. The summed E-state index contributed by atoms with van der Waals surface area (Å²) in [6, 6.07) is 2.32. The molecule has 0 aromatic carbocycles. The molecule has 1 aliphatic carbocycles. The minimum absolute atomic E-state index is 0.0873. The van der Waals surface area contributed by atoms with Crippen LogP contribution in [0.2, 0.25) is 0 Å². The van der Waals surface area contributed by atoms with E-state index >= 15 is 0 Å². The Balaban J connectivity index is 1.56. The molecule has 1 saturated carbocycles. The van der Waals surface area contributed by atoms with E-state index in [1.54, 1.807) is 6.20 Å². The van der Waals surface area contributed by atoms with E-state index in [0.29, 0.717) is 12.0 Å². The third kappa shape index (κ3) is 3.95. The molecule has 0 radical (unpaired) electrons. The summed E-state index contributed by atoms with van der Waals surface area (Å²) in [5, 5.41) is 7.66. The summed E-state index contributed by atoms with van der Waals surface area (Å²) in [4.78, 5) is 0. The molecule has 1 aromatic heterocycles. The molecule has 1 aliphatic heterocycles. The summed E-state index contributed by atoms with van der Waals surface area (Å²) < 4.78 is 31.3. The summed E-state index contributed by atoms with van der Waals surface area (Å²) in [6.45, 7) is 1.65. The van der Waals surface area contributed by atoms with Gasteiger partial charge in [0.05, 0.1) is 10.9 Å². The maximum Gasteiger partial charge on any atom is 0.150 e. The Morgan fingerprint density at radius 1 is 1.39 bits per heavy atom. The van der Waals surface area contributed by atoms with Crippen LogP contribution in [0.5, 0.6) is 0 Å². The van der Waals surface area contributed by atoms with Crippen LogP contribution in [0.15, 0.2) is 12.3 Å². The number of aromatic nitrogens is 2. The first kappa shape index (κ1) is 16.9. The number of nitrogens with one attached hydrogen (secondary N) is 1. The Labute approximate surface area is 138 Å². The van der Waals surface area contributed by atoms with Gasteiger partial charge in [-0.1, -0.05) is 6.42 Å². The molecule has 23 heavy (non-hydrogen) atoms. The molecule has 3 rings (SSSR count). The van der Waals surface area contributed by atoms with Gasteiger partial charge >= 0.3 is 0 Å². The van der Waals surface area contributed by atoms with Crippen LogP contribution in [0.4, 0.5) is 0 Å². The largest absolute Gasteiger partial charge is 0.372 e. The minimum Gasteiger partial charge on any atom is -0.372 e. The maximum atomic E-state index is 11.8. The molecule has 1 saturated heterocycles. The van der Waals surface area contributed by atoms with Gasteiger partial charge in [-0.25, -0.2) is 8.42 Å². The van der Waals surface area contributed by atoms with Crippen molar-refractivity contribution >= 4 is 9.84 Å². The van der Waals surface area contributed by atoms with E-state index in [1.807, 2.05) is 17.8 Å². The Hall–Kier alpha value is -0.920. The third-order valence-corrected chi connectivity index (χ3v) is 6.90. The van der Waals surface area contributed by atoms with Gasteiger partial charge in [-0.3, -0.25) is 4.68 Å². The van der Waals surface area contributed by atoms with Crippen LogP contribution >= 0.6 is 0 Å². The molecule has 2 heterocycles. The number of aryl methyl sites for hydroxylation is 1. The van der Waals surface area contributed by atoms with Crippen molar-refractivity contribution in [1.82, 2.24) is 15.1 Å². The summed E-state index contributed by atoms with van der Waals surface area (Å²) >= 11 is 0. The molecule has 2 unspecified atom stereocenters. The van der Waals surface area contributed by atoms with Crippen molar-refractivity contribution in [3.63, 3.8) is 0 Å². The highest BCUT2D eigenvalue weighted by atomic mass is 32.2. The quantitative estimate of drug-likeness (QED) is 0.877. The van der Waals surface area contributed by atoms with Gasteiger partial charge in [-0.15, -0.1) is 0 Å². The molecule has 4 atom stereocenters. The van der Waals surface area contributed by atoms with Crippen LogP contribution in [0.3, 0.4) is 0 Å². The van der Waals surface area contributed by atoms with Gasteiger partial charge in [0, 0.05) is 44.6 Å². The molecule has 1 aromatic rings. The SMILES string of the molecule is Cn1nccc1[C@@H]1OCC[C@H]1CNC1CCCC(S(C)(=O)=O)C1. The van der Waals surface area contributed by atoms with Gasteiger partial charge in [0.25, 0.3) is 0 Å². The van der Waals surface area contributed by atoms with Crippen molar-refractivity contribution < 1.29 is 13.2 Å². The number of sulfone groups is 1. The average molecular weight is 341 g/mol. The molecule has 0 amide bonds. The predicted octanol–water partition coefficient (Wildman–Crippen LogP) is 1.44. The Morgan fingerprint density at radius 3 is 2.91 bits per heavy atom. The topological polar surface area (TPSA) is 73.2 Å². The third-order valence-electron chi connectivity index (χ3n) is 5.26. The smallest absolute Gasteiger partial charge is 0.150 e. The van der Waals surface area contributed by atoms with Crippen molar-refractivity contribution in [1.29, 1.82) is 0 Å². The Bertz CT molecular complexity index is 628. The Kier molecular flexibility index (Phi) is 5.08. The highest BCUT2D eigenvalue weighted by Crippen LogP contribution is 2.34. The molecule has 7 heteroatoms. The lowest BCUT2D eigenvalue weighted by Crippen LogP contribution is -2.41. The minimum atomic E-state index is -2.92. The van der Waals surface area contributed by atoms with Crippen molar-refractivity contribution in [2.24, 2.45) is 13.0 Å². The van der Waals surface area contributed by atoms with Gasteiger partial charge in [-0.2, -0.15) is 5.10 Å².